The quantitative estimate of drug-likeness (QED) is 0.669. The van der Waals surface area contributed by atoms with E-state index in [0.29, 0.717) is 6.42 Å². The van der Waals surface area contributed by atoms with Crippen LogP contribution in [0.1, 0.15) is 30.8 Å². The molecule has 0 aliphatic carbocycles. The summed E-state index contributed by atoms with van der Waals surface area (Å²) >= 11 is 0.802. The number of ether oxygens (including phenoxy) is 1. The first kappa shape index (κ1) is 18.5. The summed E-state index contributed by atoms with van der Waals surface area (Å²) in [5.74, 6) is -2.67. The molecule has 0 bridgehead atoms. The topological polar surface area (TPSA) is 123 Å². The zero-order valence-electron chi connectivity index (χ0n) is 12.4. The Morgan fingerprint density at radius 3 is 2.59 bits per heavy atom. The van der Waals surface area contributed by atoms with Gasteiger partial charge >= 0.3 is 11.9 Å². The smallest absolute Gasteiger partial charge is 0.359 e. The molecule has 1 unspecified atom stereocenters. The molecule has 1 heterocycles. The van der Waals surface area contributed by atoms with E-state index in [9.17, 15) is 18.0 Å². The first-order chi connectivity index (χ1) is 10.2. The summed E-state index contributed by atoms with van der Waals surface area (Å²) in [7, 11) is -2.91. The number of hydrogen-bond acceptors (Lipinski definition) is 7. The number of nitrogens with one attached hydrogen (secondary N) is 1. The predicted molar refractivity (Wildman–Crippen MR) is 79.2 cm³/mol. The van der Waals surface area contributed by atoms with E-state index in [2.05, 4.69) is 13.8 Å². The second kappa shape index (κ2) is 7.65. The molecular formula is C12H18N2O6S2. The van der Waals surface area contributed by atoms with E-state index >= 15 is 0 Å². The van der Waals surface area contributed by atoms with Crippen LogP contribution < -0.4 is 4.72 Å². The molecular weight excluding hydrogens is 332 g/mol. The number of carbonyl (C=O) groups is 2. The van der Waals surface area contributed by atoms with Gasteiger partial charge in [0.25, 0.3) is 0 Å². The zero-order valence-corrected chi connectivity index (χ0v) is 14.0. The Hall–Kier alpha value is -1.52. The highest BCUT2D eigenvalue weighted by Crippen LogP contribution is 2.19. The lowest BCUT2D eigenvalue weighted by molar-refractivity contribution is -0.142. The minimum atomic E-state index is -4.03. The number of aliphatic carboxylic acids is 1. The Morgan fingerprint density at radius 2 is 2.09 bits per heavy atom. The van der Waals surface area contributed by atoms with Crippen molar-refractivity contribution in [1.29, 1.82) is 0 Å². The first-order valence-electron chi connectivity index (χ1n) is 6.44. The van der Waals surface area contributed by atoms with Crippen LogP contribution in [0.15, 0.2) is 10.3 Å². The van der Waals surface area contributed by atoms with Crippen LogP contribution in [-0.2, 0) is 19.6 Å². The lowest BCUT2D eigenvalue weighted by Gasteiger charge is -2.15. The Morgan fingerprint density at radius 1 is 1.45 bits per heavy atom. The van der Waals surface area contributed by atoms with E-state index in [4.69, 9.17) is 5.11 Å². The second-order valence-corrected chi connectivity index (χ2v) is 7.40. The van der Waals surface area contributed by atoms with Gasteiger partial charge in [0, 0.05) is 11.9 Å². The highest BCUT2D eigenvalue weighted by atomic mass is 32.2. The number of sulfonamides is 1. The van der Waals surface area contributed by atoms with Crippen molar-refractivity contribution in [2.24, 2.45) is 11.8 Å². The van der Waals surface area contributed by atoms with Gasteiger partial charge in [-0.05, 0) is 23.9 Å². The fourth-order valence-corrected chi connectivity index (χ4v) is 3.97. The number of aromatic nitrogens is 1. The van der Waals surface area contributed by atoms with Crippen molar-refractivity contribution in [2.45, 2.75) is 25.2 Å². The SMILES string of the molecule is COC(=O)c1nscc1S(=O)(=O)NCC(CC(C)C)C(=O)O. The maximum Gasteiger partial charge on any atom is 0.359 e. The van der Waals surface area contributed by atoms with Crippen molar-refractivity contribution in [3.8, 4) is 0 Å². The van der Waals surface area contributed by atoms with Gasteiger partial charge in [-0.3, -0.25) is 4.79 Å². The van der Waals surface area contributed by atoms with E-state index in [0.717, 1.165) is 18.6 Å². The van der Waals surface area contributed by atoms with Gasteiger partial charge < -0.3 is 9.84 Å². The maximum atomic E-state index is 12.2. The summed E-state index contributed by atoms with van der Waals surface area (Å²) in [6, 6.07) is 0. The molecule has 0 saturated heterocycles. The van der Waals surface area contributed by atoms with Crippen LogP contribution in [0.25, 0.3) is 0 Å². The molecule has 1 aromatic heterocycles. The van der Waals surface area contributed by atoms with Gasteiger partial charge in [0.05, 0.1) is 13.0 Å². The number of carboxylic acids is 1. The third kappa shape index (κ3) is 4.75. The molecule has 0 spiro atoms. The van der Waals surface area contributed by atoms with E-state index < -0.39 is 27.9 Å². The summed E-state index contributed by atoms with van der Waals surface area (Å²) in [5, 5.41) is 10.3. The second-order valence-electron chi connectivity index (χ2n) is 5.04. The molecule has 22 heavy (non-hydrogen) atoms. The van der Waals surface area contributed by atoms with Gasteiger partial charge in [0.2, 0.25) is 10.0 Å². The van der Waals surface area contributed by atoms with E-state index in [1.165, 1.54) is 5.38 Å². The zero-order chi connectivity index (χ0) is 16.9. The van der Waals surface area contributed by atoms with Gasteiger partial charge in [-0.15, -0.1) is 0 Å². The van der Waals surface area contributed by atoms with Crippen LogP contribution >= 0.6 is 11.5 Å². The molecule has 1 aromatic rings. The standard InChI is InChI=1S/C12H18N2O6S2/c1-7(2)4-8(11(15)16)5-13-22(18,19)9-6-21-14-10(9)12(17)20-3/h6-8,13H,4-5H2,1-3H3,(H,15,16). The third-order valence-electron chi connectivity index (χ3n) is 2.83. The normalized spacial score (nSPS) is 13.1. The van der Waals surface area contributed by atoms with E-state index in [1.807, 2.05) is 13.8 Å². The van der Waals surface area contributed by atoms with Crippen molar-refractivity contribution in [3.05, 3.63) is 11.1 Å². The van der Waals surface area contributed by atoms with Crippen LogP contribution in [-0.4, -0.2) is 43.5 Å². The number of esters is 1. The summed E-state index contributed by atoms with van der Waals surface area (Å²) in [5.41, 5.74) is -0.310. The predicted octanol–water partition coefficient (Wildman–Crippen LogP) is 0.955. The molecule has 1 atom stereocenters. The summed E-state index contributed by atoms with van der Waals surface area (Å²) in [4.78, 5) is 22.3. The van der Waals surface area contributed by atoms with Crippen LogP contribution in [0.4, 0.5) is 0 Å². The molecule has 8 nitrogen and oxygen atoms in total. The average Bonchev–Trinajstić information content (AvgIpc) is 2.92. The summed E-state index contributed by atoms with van der Waals surface area (Å²) in [6.07, 6.45) is 0.337. The molecule has 0 aliphatic heterocycles. The van der Waals surface area contributed by atoms with Crippen LogP contribution in [0.5, 0.6) is 0 Å². The fourth-order valence-electron chi connectivity index (χ4n) is 1.78. The molecule has 0 amide bonds. The van der Waals surface area contributed by atoms with Gasteiger partial charge in [-0.2, -0.15) is 4.37 Å². The monoisotopic (exact) mass is 350 g/mol. The first-order valence-corrected chi connectivity index (χ1v) is 8.76. The number of nitrogens with zero attached hydrogens (tertiary/aromatic N) is 1. The molecule has 0 saturated carbocycles. The Kier molecular flexibility index (Phi) is 6.45. The number of hydrogen-bond donors (Lipinski definition) is 2. The van der Waals surface area contributed by atoms with Crippen molar-refractivity contribution >= 4 is 33.5 Å². The Bertz CT molecular complexity index is 638. The largest absolute Gasteiger partial charge is 0.481 e. The van der Waals surface area contributed by atoms with Crippen LogP contribution in [0.3, 0.4) is 0 Å². The van der Waals surface area contributed by atoms with Crippen LogP contribution in [0, 0.1) is 11.8 Å². The molecule has 0 aromatic carbocycles. The number of rotatable bonds is 8. The third-order valence-corrected chi connectivity index (χ3v) is 5.05. The molecule has 0 aliphatic rings. The number of methoxy groups -OCH3 is 1. The van der Waals surface area contributed by atoms with Crippen molar-refractivity contribution in [1.82, 2.24) is 9.10 Å². The molecule has 124 valence electrons. The molecule has 0 radical (unpaired) electrons. The highest BCUT2D eigenvalue weighted by molar-refractivity contribution is 7.89. The van der Waals surface area contributed by atoms with Gasteiger partial charge in [-0.25, -0.2) is 17.9 Å². The minimum Gasteiger partial charge on any atom is -0.481 e. The maximum absolute atomic E-state index is 12.2. The number of carbonyl (C=O) groups excluding carboxylic acids is 1. The highest BCUT2D eigenvalue weighted by Gasteiger charge is 2.28. The average molecular weight is 350 g/mol. The lowest BCUT2D eigenvalue weighted by atomic mass is 9.98. The van der Waals surface area contributed by atoms with Crippen molar-refractivity contribution < 1.29 is 27.9 Å². The van der Waals surface area contributed by atoms with Gasteiger partial charge in [0.15, 0.2) is 5.69 Å². The minimum absolute atomic E-state index is 0.110. The van der Waals surface area contributed by atoms with Crippen molar-refractivity contribution in [2.75, 3.05) is 13.7 Å². The number of carboxylic acid groups (broad SMARTS) is 1. The Balaban J connectivity index is 2.90. The van der Waals surface area contributed by atoms with Gasteiger partial charge in [-0.1, -0.05) is 13.8 Å². The van der Waals surface area contributed by atoms with Gasteiger partial charge in [0.1, 0.15) is 4.90 Å². The molecule has 0 fully saturated rings. The molecule has 2 N–H and O–H groups in total. The molecule has 10 heteroatoms. The van der Waals surface area contributed by atoms with Crippen molar-refractivity contribution in [3.63, 3.8) is 0 Å². The van der Waals surface area contributed by atoms with Crippen LogP contribution in [0.2, 0.25) is 0 Å². The summed E-state index contributed by atoms with van der Waals surface area (Å²) < 4.78 is 34.8. The summed E-state index contributed by atoms with van der Waals surface area (Å²) in [6.45, 7) is 3.44. The Labute approximate surface area is 132 Å². The fraction of sp³-hybridized carbons (Fsp3) is 0.583. The van der Waals surface area contributed by atoms with E-state index in [-0.39, 0.29) is 23.1 Å². The lowest BCUT2D eigenvalue weighted by Crippen LogP contribution is -2.34. The molecule has 1 rings (SSSR count). The van der Waals surface area contributed by atoms with E-state index in [1.54, 1.807) is 0 Å².